The lowest BCUT2D eigenvalue weighted by Crippen LogP contribution is -2.41. The molecule has 1 N–H and O–H groups in total. The zero-order chi connectivity index (χ0) is 20.9. The molecule has 9 nitrogen and oxygen atoms in total. The molecule has 1 aliphatic heterocycles. The van der Waals surface area contributed by atoms with E-state index >= 15 is 0 Å². The standard InChI is InChI=1S/C21H22N6O3/c1-14(28)26-16-6-3-5-15(9-16)18-12-27(17-10-24-21(29-2)25-11-17)13-19(30-18)20-22-7-4-8-23-20/h3-11,18-19H,12-13H2,1-2H3,(H,26,28). The predicted molar refractivity (Wildman–Crippen MR) is 110 cm³/mol. The first-order valence-corrected chi connectivity index (χ1v) is 9.53. The summed E-state index contributed by atoms with van der Waals surface area (Å²) >= 11 is 0. The van der Waals surface area contributed by atoms with Crippen LogP contribution in [0.3, 0.4) is 0 Å². The fraction of sp³-hybridized carbons (Fsp3) is 0.286. The first-order valence-electron chi connectivity index (χ1n) is 9.53. The van der Waals surface area contributed by atoms with Gasteiger partial charge in [0.25, 0.3) is 0 Å². The number of rotatable bonds is 5. The summed E-state index contributed by atoms with van der Waals surface area (Å²) in [5, 5.41) is 2.82. The Hall–Kier alpha value is -3.59. The highest BCUT2D eigenvalue weighted by Crippen LogP contribution is 2.34. The SMILES string of the molecule is COc1ncc(N2CC(c3cccc(NC(C)=O)c3)OC(c3ncccn3)C2)cn1. The number of methoxy groups -OCH3 is 1. The number of carbonyl (C=O) groups is 1. The van der Waals surface area contributed by atoms with Gasteiger partial charge in [-0.15, -0.1) is 0 Å². The topological polar surface area (TPSA) is 102 Å². The fourth-order valence-electron chi connectivity index (χ4n) is 3.37. The number of nitrogens with zero attached hydrogens (tertiary/aromatic N) is 5. The van der Waals surface area contributed by atoms with Crippen LogP contribution < -0.4 is 15.0 Å². The van der Waals surface area contributed by atoms with Crippen LogP contribution in [0.4, 0.5) is 11.4 Å². The smallest absolute Gasteiger partial charge is 0.316 e. The zero-order valence-corrected chi connectivity index (χ0v) is 16.7. The number of carbonyl (C=O) groups excluding carboxylic acids is 1. The van der Waals surface area contributed by atoms with Crippen molar-refractivity contribution in [2.24, 2.45) is 0 Å². The quantitative estimate of drug-likeness (QED) is 0.690. The number of anilines is 2. The van der Waals surface area contributed by atoms with Crippen molar-refractivity contribution in [1.82, 2.24) is 19.9 Å². The zero-order valence-electron chi connectivity index (χ0n) is 16.7. The molecule has 3 aromatic rings. The van der Waals surface area contributed by atoms with Crippen molar-refractivity contribution in [3.8, 4) is 6.01 Å². The van der Waals surface area contributed by atoms with Crippen molar-refractivity contribution in [2.75, 3.05) is 30.4 Å². The van der Waals surface area contributed by atoms with E-state index in [2.05, 4.69) is 30.2 Å². The maximum Gasteiger partial charge on any atom is 0.316 e. The van der Waals surface area contributed by atoms with E-state index < -0.39 is 0 Å². The van der Waals surface area contributed by atoms with Crippen molar-refractivity contribution in [3.05, 3.63) is 66.5 Å². The van der Waals surface area contributed by atoms with Gasteiger partial charge in [-0.25, -0.2) is 19.9 Å². The molecule has 0 radical (unpaired) electrons. The molecule has 3 heterocycles. The number of hydrogen-bond donors (Lipinski definition) is 1. The van der Waals surface area contributed by atoms with Gasteiger partial charge in [0.05, 0.1) is 31.7 Å². The van der Waals surface area contributed by atoms with Gasteiger partial charge in [-0.1, -0.05) is 12.1 Å². The molecule has 154 valence electrons. The Bertz CT molecular complexity index is 999. The summed E-state index contributed by atoms with van der Waals surface area (Å²) in [4.78, 5) is 30.8. The second-order valence-corrected chi connectivity index (χ2v) is 6.86. The number of amides is 1. The molecule has 1 saturated heterocycles. The molecule has 4 rings (SSSR count). The summed E-state index contributed by atoms with van der Waals surface area (Å²) in [6.07, 6.45) is 6.26. The lowest BCUT2D eigenvalue weighted by Gasteiger charge is -2.38. The average molecular weight is 406 g/mol. The molecule has 2 atom stereocenters. The third-order valence-electron chi connectivity index (χ3n) is 4.72. The lowest BCUT2D eigenvalue weighted by molar-refractivity contribution is -0.114. The van der Waals surface area contributed by atoms with Crippen LogP contribution in [0.1, 0.15) is 30.5 Å². The molecule has 30 heavy (non-hydrogen) atoms. The third kappa shape index (κ3) is 4.52. The minimum Gasteiger partial charge on any atom is -0.467 e. The Morgan fingerprint density at radius 2 is 1.83 bits per heavy atom. The Balaban J connectivity index is 1.64. The monoisotopic (exact) mass is 406 g/mol. The van der Waals surface area contributed by atoms with E-state index in [1.807, 2.05) is 24.3 Å². The Morgan fingerprint density at radius 3 is 2.53 bits per heavy atom. The largest absolute Gasteiger partial charge is 0.467 e. The van der Waals surface area contributed by atoms with E-state index in [0.29, 0.717) is 24.9 Å². The van der Waals surface area contributed by atoms with Gasteiger partial charge in [-0.3, -0.25) is 4.79 Å². The van der Waals surface area contributed by atoms with E-state index in [-0.39, 0.29) is 18.1 Å². The Labute approximate surface area is 174 Å². The minimum atomic E-state index is -0.337. The molecular weight excluding hydrogens is 384 g/mol. The van der Waals surface area contributed by atoms with Crippen LogP contribution in [0.2, 0.25) is 0 Å². The molecule has 0 saturated carbocycles. The fourth-order valence-corrected chi connectivity index (χ4v) is 3.37. The molecule has 1 amide bonds. The van der Waals surface area contributed by atoms with Crippen molar-refractivity contribution in [1.29, 1.82) is 0 Å². The highest BCUT2D eigenvalue weighted by molar-refractivity contribution is 5.88. The second-order valence-electron chi connectivity index (χ2n) is 6.86. The first-order chi connectivity index (χ1) is 14.6. The van der Waals surface area contributed by atoms with Gasteiger partial charge < -0.3 is 19.7 Å². The van der Waals surface area contributed by atoms with E-state index in [0.717, 1.165) is 16.9 Å². The molecule has 0 aliphatic carbocycles. The molecule has 2 aromatic heterocycles. The summed E-state index contributed by atoms with van der Waals surface area (Å²) in [6.45, 7) is 2.63. The molecule has 9 heteroatoms. The van der Waals surface area contributed by atoms with Crippen molar-refractivity contribution in [2.45, 2.75) is 19.1 Å². The van der Waals surface area contributed by atoms with E-state index in [9.17, 15) is 4.79 Å². The summed E-state index contributed by atoms with van der Waals surface area (Å²) in [5.74, 6) is 0.490. The maximum atomic E-state index is 11.4. The van der Waals surface area contributed by atoms with Crippen molar-refractivity contribution < 1.29 is 14.3 Å². The number of aromatic nitrogens is 4. The van der Waals surface area contributed by atoms with Gasteiger partial charge in [0, 0.05) is 31.5 Å². The van der Waals surface area contributed by atoms with Crippen LogP contribution in [0.15, 0.2) is 55.1 Å². The van der Waals surface area contributed by atoms with Crippen LogP contribution in [0, 0.1) is 0 Å². The molecular formula is C21H22N6O3. The summed E-state index contributed by atoms with van der Waals surface area (Å²) in [6, 6.07) is 9.73. The van der Waals surface area contributed by atoms with E-state index in [4.69, 9.17) is 9.47 Å². The summed E-state index contributed by atoms with van der Waals surface area (Å²) in [5.41, 5.74) is 2.52. The van der Waals surface area contributed by atoms with Gasteiger partial charge in [-0.2, -0.15) is 0 Å². The second kappa shape index (κ2) is 8.83. The number of benzene rings is 1. The first kappa shape index (κ1) is 19.7. The van der Waals surface area contributed by atoms with Crippen molar-refractivity contribution >= 4 is 17.3 Å². The van der Waals surface area contributed by atoms with Crippen LogP contribution >= 0.6 is 0 Å². The number of hydrogen-bond acceptors (Lipinski definition) is 8. The summed E-state index contributed by atoms with van der Waals surface area (Å²) < 4.78 is 11.4. The lowest BCUT2D eigenvalue weighted by atomic mass is 10.0. The van der Waals surface area contributed by atoms with E-state index in [1.165, 1.54) is 14.0 Å². The molecule has 1 aromatic carbocycles. The third-order valence-corrected chi connectivity index (χ3v) is 4.72. The number of nitrogens with one attached hydrogen (secondary N) is 1. The average Bonchev–Trinajstić information content (AvgIpc) is 2.79. The van der Waals surface area contributed by atoms with Gasteiger partial charge in [0.15, 0.2) is 5.82 Å². The molecule has 0 spiro atoms. The highest BCUT2D eigenvalue weighted by atomic mass is 16.5. The molecule has 0 bridgehead atoms. The Kier molecular flexibility index (Phi) is 5.80. The number of morpholine rings is 1. The van der Waals surface area contributed by atoms with Crippen LogP contribution in [-0.4, -0.2) is 46.0 Å². The highest BCUT2D eigenvalue weighted by Gasteiger charge is 2.32. The normalized spacial score (nSPS) is 18.7. The Morgan fingerprint density at radius 1 is 1.10 bits per heavy atom. The van der Waals surface area contributed by atoms with Crippen LogP contribution in [0.25, 0.3) is 0 Å². The van der Waals surface area contributed by atoms with Gasteiger partial charge in [-0.05, 0) is 23.8 Å². The maximum absolute atomic E-state index is 11.4. The van der Waals surface area contributed by atoms with Gasteiger partial charge in [0.2, 0.25) is 5.91 Å². The summed E-state index contributed by atoms with van der Waals surface area (Å²) in [7, 11) is 1.53. The van der Waals surface area contributed by atoms with Crippen LogP contribution in [0.5, 0.6) is 6.01 Å². The van der Waals surface area contributed by atoms with Gasteiger partial charge in [0.1, 0.15) is 12.2 Å². The molecule has 2 unspecified atom stereocenters. The predicted octanol–water partition coefficient (Wildman–Crippen LogP) is 2.55. The van der Waals surface area contributed by atoms with Crippen LogP contribution in [-0.2, 0) is 9.53 Å². The van der Waals surface area contributed by atoms with Crippen molar-refractivity contribution in [3.63, 3.8) is 0 Å². The van der Waals surface area contributed by atoms with E-state index in [1.54, 1.807) is 30.9 Å². The number of ether oxygens (including phenoxy) is 2. The molecule has 1 fully saturated rings. The minimum absolute atomic E-state index is 0.121. The van der Waals surface area contributed by atoms with Gasteiger partial charge >= 0.3 is 6.01 Å². The molecule has 1 aliphatic rings.